The van der Waals surface area contributed by atoms with Crippen LogP contribution in [-0.4, -0.2) is 21.0 Å². The Hall–Kier alpha value is -2.48. The molecule has 1 aromatic heterocycles. The number of nitro groups is 1. The van der Waals surface area contributed by atoms with E-state index in [1.807, 2.05) is 0 Å². The molecule has 0 unspecified atom stereocenters. The second kappa shape index (κ2) is 5.66. The van der Waals surface area contributed by atoms with Crippen LogP contribution < -0.4 is 4.74 Å². The minimum absolute atomic E-state index is 0.180. The number of rotatable bonds is 4. The van der Waals surface area contributed by atoms with Gasteiger partial charge in [-0.2, -0.15) is 0 Å². The highest BCUT2D eigenvalue weighted by Gasteiger charge is 2.20. The zero-order valence-electron chi connectivity index (χ0n) is 9.82. The zero-order chi connectivity index (χ0) is 14.7. The lowest BCUT2D eigenvalue weighted by Crippen LogP contribution is -2.02. The fourth-order valence-electron chi connectivity index (χ4n) is 1.48. The zero-order valence-corrected chi connectivity index (χ0v) is 11.4. The van der Waals surface area contributed by atoms with E-state index in [0.29, 0.717) is 10.2 Å². The summed E-state index contributed by atoms with van der Waals surface area (Å²) in [5.41, 5.74) is -0.920. The first-order chi connectivity index (χ1) is 9.49. The molecule has 0 spiro atoms. The van der Waals surface area contributed by atoms with Gasteiger partial charge in [0.05, 0.1) is 9.40 Å². The lowest BCUT2D eigenvalue weighted by molar-refractivity contribution is -0.385. The molecule has 8 heteroatoms. The van der Waals surface area contributed by atoms with Gasteiger partial charge in [-0.15, -0.1) is 0 Å². The standard InChI is InChI=1S/C12H7BrN2O5/c13-9-6-14-4-3-11(9)20-7-1-2-10(15(18)19)8(5-7)12(16)17/h1-6H,(H,16,17). The Labute approximate surface area is 121 Å². The summed E-state index contributed by atoms with van der Waals surface area (Å²) in [5, 5.41) is 19.7. The smallest absolute Gasteiger partial charge is 0.342 e. The minimum Gasteiger partial charge on any atom is -0.477 e. The molecule has 20 heavy (non-hydrogen) atoms. The summed E-state index contributed by atoms with van der Waals surface area (Å²) in [4.78, 5) is 24.9. The molecule has 0 amide bonds. The fraction of sp³-hybridized carbons (Fsp3) is 0. The lowest BCUT2D eigenvalue weighted by Gasteiger charge is -2.07. The number of carboxylic acids is 1. The lowest BCUT2D eigenvalue weighted by atomic mass is 10.1. The average Bonchev–Trinajstić information content (AvgIpc) is 2.41. The summed E-state index contributed by atoms with van der Waals surface area (Å²) in [6.45, 7) is 0. The van der Waals surface area contributed by atoms with Crippen molar-refractivity contribution in [3.05, 3.63) is 56.8 Å². The predicted octanol–water partition coefficient (Wildman–Crippen LogP) is 3.24. The number of nitrogens with zero attached hydrogens (tertiary/aromatic N) is 2. The summed E-state index contributed by atoms with van der Waals surface area (Å²) in [6, 6.07) is 5.10. The first-order valence-electron chi connectivity index (χ1n) is 5.28. The van der Waals surface area contributed by atoms with Gasteiger partial charge < -0.3 is 9.84 Å². The van der Waals surface area contributed by atoms with Gasteiger partial charge in [-0.25, -0.2) is 4.79 Å². The van der Waals surface area contributed by atoms with E-state index < -0.39 is 22.1 Å². The molecule has 0 aliphatic rings. The molecule has 1 aromatic carbocycles. The molecule has 0 saturated carbocycles. The van der Waals surface area contributed by atoms with Crippen molar-refractivity contribution >= 4 is 27.6 Å². The van der Waals surface area contributed by atoms with E-state index >= 15 is 0 Å². The third kappa shape index (κ3) is 2.91. The molecule has 0 aliphatic heterocycles. The number of nitro benzene ring substituents is 1. The van der Waals surface area contributed by atoms with E-state index in [-0.39, 0.29) is 5.75 Å². The van der Waals surface area contributed by atoms with Crippen molar-refractivity contribution in [2.45, 2.75) is 0 Å². The van der Waals surface area contributed by atoms with Crippen molar-refractivity contribution in [1.29, 1.82) is 0 Å². The number of ether oxygens (including phenoxy) is 1. The molecule has 2 aromatic rings. The largest absolute Gasteiger partial charge is 0.477 e. The first kappa shape index (κ1) is 13.9. The SMILES string of the molecule is O=C(O)c1cc(Oc2ccncc2Br)ccc1[N+](=O)[O-]. The summed E-state index contributed by atoms with van der Waals surface area (Å²) < 4.78 is 6.04. The molecule has 102 valence electrons. The third-order valence-electron chi connectivity index (χ3n) is 2.36. The number of halogens is 1. The van der Waals surface area contributed by atoms with E-state index in [4.69, 9.17) is 9.84 Å². The van der Waals surface area contributed by atoms with Crippen LogP contribution in [0.2, 0.25) is 0 Å². The topological polar surface area (TPSA) is 103 Å². The average molecular weight is 339 g/mol. The Kier molecular flexibility index (Phi) is 3.94. The van der Waals surface area contributed by atoms with Crippen molar-refractivity contribution in [2.75, 3.05) is 0 Å². The maximum atomic E-state index is 11.0. The fourth-order valence-corrected chi connectivity index (χ4v) is 1.81. The highest BCUT2D eigenvalue weighted by molar-refractivity contribution is 9.10. The number of pyridine rings is 1. The molecule has 0 aliphatic carbocycles. The highest BCUT2D eigenvalue weighted by atomic mass is 79.9. The van der Waals surface area contributed by atoms with Crippen LogP contribution in [0.4, 0.5) is 5.69 Å². The molecule has 1 N–H and O–H groups in total. The van der Waals surface area contributed by atoms with Crippen LogP contribution in [-0.2, 0) is 0 Å². The van der Waals surface area contributed by atoms with Crippen LogP contribution >= 0.6 is 15.9 Å². The Balaban J connectivity index is 2.40. The second-order valence-electron chi connectivity index (χ2n) is 3.65. The molecule has 0 bridgehead atoms. The van der Waals surface area contributed by atoms with E-state index in [9.17, 15) is 14.9 Å². The molecule has 0 atom stereocenters. The molecule has 1 heterocycles. The van der Waals surface area contributed by atoms with E-state index in [1.165, 1.54) is 18.5 Å². The Morgan fingerprint density at radius 3 is 2.75 bits per heavy atom. The summed E-state index contributed by atoms with van der Waals surface area (Å²) >= 11 is 3.23. The number of hydrogen-bond donors (Lipinski definition) is 1. The number of hydrogen-bond acceptors (Lipinski definition) is 5. The van der Waals surface area contributed by atoms with Gasteiger partial charge in [0.25, 0.3) is 5.69 Å². The number of aromatic carboxylic acids is 1. The molecular formula is C12H7BrN2O5. The van der Waals surface area contributed by atoms with Gasteiger partial charge in [0.15, 0.2) is 0 Å². The molecule has 2 rings (SSSR count). The number of benzene rings is 1. The first-order valence-corrected chi connectivity index (χ1v) is 6.07. The highest BCUT2D eigenvalue weighted by Crippen LogP contribution is 2.31. The summed E-state index contributed by atoms with van der Waals surface area (Å²) in [6.07, 6.45) is 3.02. The molecular weight excluding hydrogens is 332 g/mol. The van der Waals surface area contributed by atoms with Crippen LogP contribution in [0.5, 0.6) is 11.5 Å². The van der Waals surface area contributed by atoms with Crippen LogP contribution in [0, 0.1) is 10.1 Å². The quantitative estimate of drug-likeness (QED) is 0.678. The van der Waals surface area contributed by atoms with Crippen molar-refractivity contribution in [2.24, 2.45) is 0 Å². The monoisotopic (exact) mass is 338 g/mol. The summed E-state index contributed by atoms with van der Waals surface area (Å²) in [7, 11) is 0. The van der Waals surface area contributed by atoms with Crippen molar-refractivity contribution in [1.82, 2.24) is 4.98 Å². The van der Waals surface area contributed by atoms with Crippen LogP contribution in [0.3, 0.4) is 0 Å². The van der Waals surface area contributed by atoms with Crippen LogP contribution in [0.15, 0.2) is 41.1 Å². The Morgan fingerprint density at radius 1 is 1.40 bits per heavy atom. The molecule has 0 radical (unpaired) electrons. The number of carboxylic acid groups (broad SMARTS) is 1. The maximum Gasteiger partial charge on any atom is 0.342 e. The van der Waals surface area contributed by atoms with Gasteiger partial charge in [-0.3, -0.25) is 15.1 Å². The number of carbonyl (C=O) groups is 1. The Bertz CT molecular complexity index is 689. The van der Waals surface area contributed by atoms with Gasteiger partial charge in [-0.05, 0) is 22.0 Å². The minimum atomic E-state index is -1.39. The van der Waals surface area contributed by atoms with Crippen molar-refractivity contribution < 1.29 is 19.6 Å². The van der Waals surface area contributed by atoms with E-state index in [1.54, 1.807) is 6.07 Å². The van der Waals surface area contributed by atoms with Gasteiger partial charge in [0.1, 0.15) is 17.1 Å². The molecule has 0 saturated heterocycles. The van der Waals surface area contributed by atoms with Gasteiger partial charge in [0, 0.05) is 30.6 Å². The van der Waals surface area contributed by atoms with E-state index in [2.05, 4.69) is 20.9 Å². The van der Waals surface area contributed by atoms with Gasteiger partial charge in [0.2, 0.25) is 0 Å². The number of aromatic nitrogens is 1. The van der Waals surface area contributed by atoms with Crippen molar-refractivity contribution in [3.63, 3.8) is 0 Å². The van der Waals surface area contributed by atoms with Gasteiger partial charge >= 0.3 is 5.97 Å². The Morgan fingerprint density at radius 2 is 2.15 bits per heavy atom. The predicted molar refractivity (Wildman–Crippen MR) is 72.1 cm³/mol. The van der Waals surface area contributed by atoms with Crippen molar-refractivity contribution in [3.8, 4) is 11.5 Å². The summed E-state index contributed by atoms with van der Waals surface area (Å²) in [5.74, 6) is -0.791. The second-order valence-corrected chi connectivity index (χ2v) is 4.50. The van der Waals surface area contributed by atoms with Crippen LogP contribution in [0.1, 0.15) is 10.4 Å². The van der Waals surface area contributed by atoms with E-state index in [0.717, 1.165) is 12.1 Å². The third-order valence-corrected chi connectivity index (χ3v) is 2.95. The molecule has 7 nitrogen and oxygen atoms in total. The molecule has 0 fully saturated rings. The van der Waals surface area contributed by atoms with Gasteiger partial charge in [-0.1, -0.05) is 0 Å². The van der Waals surface area contributed by atoms with Crippen LogP contribution in [0.25, 0.3) is 0 Å². The normalized spacial score (nSPS) is 10.1. The maximum absolute atomic E-state index is 11.0.